The molecule has 1 atom stereocenters. The van der Waals surface area contributed by atoms with E-state index in [1.807, 2.05) is 25.1 Å². The van der Waals surface area contributed by atoms with E-state index in [1.165, 1.54) is 0 Å². The van der Waals surface area contributed by atoms with Gasteiger partial charge in [-0.05, 0) is 31.4 Å². The van der Waals surface area contributed by atoms with Gasteiger partial charge in [0.05, 0.1) is 12.2 Å². The molecule has 1 aromatic heterocycles. The van der Waals surface area contributed by atoms with Crippen molar-refractivity contribution < 1.29 is 9.59 Å². The summed E-state index contributed by atoms with van der Waals surface area (Å²) in [5.41, 5.74) is 0.171. The van der Waals surface area contributed by atoms with Crippen LogP contribution in [0.25, 0.3) is 0 Å². The zero-order valence-corrected chi connectivity index (χ0v) is 12.3. The molecule has 2 fully saturated rings. The molecule has 1 spiro atoms. The highest BCUT2D eigenvalue weighted by molar-refractivity contribution is 6.00. The molecule has 0 radical (unpaired) electrons. The molecule has 1 unspecified atom stereocenters. The zero-order chi connectivity index (χ0) is 14.9. The van der Waals surface area contributed by atoms with Crippen LogP contribution in [0.2, 0.25) is 0 Å². The van der Waals surface area contributed by atoms with Gasteiger partial charge in [-0.1, -0.05) is 25.8 Å². The molecule has 5 nitrogen and oxygen atoms in total. The lowest BCUT2D eigenvalue weighted by molar-refractivity contribution is -0.155. The molecule has 1 aromatic rings. The average molecular weight is 287 g/mol. The molecule has 0 bridgehead atoms. The largest absolute Gasteiger partial charge is 0.340 e. The molecule has 1 saturated heterocycles. The average Bonchev–Trinajstić information content (AvgIpc) is 2.95. The Morgan fingerprint density at radius 1 is 1.33 bits per heavy atom. The van der Waals surface area contributed by atoms with E-state index < -0.39 is 5.54 Å². The van der Waals surface area contributed by atoms with E-state index in [0.29, 0.717) is 13.0 Å². The summed E-state index contributed by atoms with van der Waals surface area (Å²) in [5.74, 6) is 0.0482. The zero-order valence-electron chi connectivity index (χ0n) is 12.3. The van der Waals surface area contributed by atoms with Crippen LogP contribution in [0.15, 0.2) is 24.4 Å². The van der Waals surface area contributed by atoms with Crippen molar-refractivity contribution >= 4 is 11.8 Å². The standard InChI is InChI=1S/C16H21N3O2/c1-2-13-14(20)18-16(8-4-5-9-16)15(21)19(13)11-12-7-3-6-10-17-12/h3,6-7,10,13H,2,4-5,8-9,11H2,1H3,(H,18,20). The van der Waals surface area contributed by atoms with Crippen molar-refractivity contribution in [2.24, 2.45) is 0 Å². The number of amides is 2. The molecule has 2 aliphatic rings. The fourth-order valence-electron chi connectivity index (χ4n) is 3.50. The first kappa shape index (κ1) is 14.0. The van der Waals surface area contributed by atoms with Gasteiger partial charge >= 0.3 is 0 Å². The van der Waals surface area contributed by atoms with Crippen LogP contribution in [0.4, 0.5) is 0 Å². The van der Waals surface area contributed by atoms with E-state index >= 15 is 0 Å². The van der Waals surface area contributed by atoms with Gasteiger partial charge in [-0.3, -0.25) is 14.6 Å². The number of hydrogen-bond acceptors (Lipinski definition) is 3. The van der Waals surface area contributed by atoms with Crippen molar-refractivity contribution in [1.82, 2.24) is 15.2 Å². The molecule has 1 aliphatic carbocycles. The van der Waals surface area contributed by atoms with Crippen LogP contribution in [-0.4, -0.2) is 33.3 Å². The van der Waals surface area contributed by atoms with Gasteiger partial charge in [0.2, 0.25) is 11.8 Å². The number of carbonyl (C=O) groups is 2. The second-order valence-electron chi connectivity index (χ2n) is 5.96. The first-order chi connectivity index (χ1) is 10.2. The first-order valence-electron chi connectivity index (χ1n) is 7.69. The van der Waals surface area contributed by atoms with Crippen molar-refractivity contribution in [3.63, 3.8) is 0 Å². The molecule has 1 saturated carbocycles. The monoisotopic (exact) mass is 287 g/mol. The normalized spacial score (nSPS) is 24.4. The highest BCUT2D eigenvalue weighted by atomic mass is 16.2. The number of piperazine rings is 1. The Labute approximate surface area is 124 Å². The maximum Gasteiger partial charge on any atom is 0.249 e. The fourth-order valence-corrected chi connectivity index (χ4v) is 3.50. The predicted octanol–water partition coefficient (Wildman–Crippen LogP) is 1.63. The Hall–Kier alpha value is -1.91. The Bertz CT molecular complexity index is 538. The fraction of sp³-hybridized carbons (Fsp3) is 0.562. The minimum atomic E-state index is -0.655. The van der Waals surface area contributed by atoms with Gasteiger partial charge in [-0.2, -0.15) is 0 Å². The summed E-state index contributed by atoms with van der Waals surface area (Å²) in [5, 5.41) is 3.01. The number of rotatable bonds is 3. The van der Waals surface area contributed by atoms with Crippen molar-refractivity contribution in [2.75, 3.05) is 0 Å². The molecule has 5 heteroatoms. The predicted molar refractivity (Wildman–Crippen MR) is 78.2 cm³/mol. The first-order valence-corrected chi connectivity index (χ1v) is 7.69. The summed E-state index contributed by atoms with van der Waals surface area (Å²) in [4.78, 5) is 31.4. The highest BCUT2D eigenvalue weighted by Crippen LogP contribution is 2.35. The van der Waals surface area contributed by atoms with E-state index in [1.54, 1.807) is 11.1 Å². The maximum absolute atomic E-state index is 13.0. The smallest absolute Gasteiger partial charge is 0.249 e. The van der Waals surface area contributed by atoms with Crippen molar-refractivity contribution in [1.29, 1.82) is 0 Å². The number of pyridine rings is 1. The van der Waals surface area contributed by atoms with Gasteiger partial charge < -0.3 is 10.2 Å². The van der Waals surface area contributed by atoms with Gasteiger partial charge in [-0.15, -0.1) is 0 Å². The van der Waals surface area contributed by atoms with Gasteiger partial charge in [0.25, 0.3) is 0 Å². The van der Waals surface area contributed by atoms with Crippen LogP contribution >= 0.6 is 0 Å². The molecule has 1 N–H and O–H groups in total. The van der Waals surface area contributed by atoms with E-state index in [4.69, 9.17) is 0 Å². The lowest BCUT2D eigenvalue weighted by Crippen LogP contribution is -2.69. The van der Waals surface area contributed by atoms with Crippen LogP contribution in [0.5, 0.6) is 0 Å². The number of carbonyl (C=O) groups excluding carboxylic acids is 2. The highest BCUT2D eigenvalue weighted by Gasteiger charge is 2.51. The minimum Gasteiger partial charge on any atom is -0.340 e. The summed E-state index contributed by atoms with van der Waals surface area (Å²) in [6, 6.07) is 5.27. The molecule has 0 aromatic carbocycles. The van der Waals surface area contributed by atoms with Crippen molar-refractivity contribution in [2.45, 2.75) is 57.2 Å². The maximum atomic E-state index is 13.0. The van der Waals surface area contributed by atoms with Crippen LogP contribution in [0.1, 0.15) is 44.7 Å². The lowest BCUT2D eigenvalue weighted by atomic mass is 9.90. The van der Waals surface area contributed by atoms with Crippen LogP contribution in [-0.2, 0) is 16.1 Å². The third-order valence-corrected chi connectivity index (χ3v) is 4.61. The van der Waals surface area contributed by atoms with Crippen molar-refractivity contribution in [3.05, 3.63) is 30.1 Å². The van der Waals surface area contributed by atoms with Gasteiger partial charge in [-0.25, -0.2) is 0 Å². The van der Waals surface area contributed by atoms with E-state index in [2.05, 4.69) is 10.3 Å². The Morgan fingerprint density at radius 3 is 2.71 bits per heavy atom. The Kier molecular flexibility index (Phi) is 3.66. The molecule has 21 heavy (non-hydrogen) atoms. The number of nitrogens with one attached hydrogen (secondary N) is 1. The number of aromatic nitrogens is 1. The topological polar surface area (TPSA) is 62.3 Å². The number of hydrogen-bond donors (Lipinski definition) is 1. The summed E-state index contributed by atoms with van der Waals surface area (Å²) in [6.45, 7) is 2.35. The third-order valence-electron chi connectivity index (χ3n) is 4.61. The van der Waals surface area contributed by atoms with Gasteiger partial charge in [0.15, 0.2) is 0 Å². The summed E-state index contributed by atoms with van der Waals surface area (Å²) in [6.07, 6.45) is 5.86. The molecule has 1 aliphatic heterocycles. The van der Waals surface area contributed by atoms with Gasteiger partial charge in [0.1, 0.15) is 11.6 Å². The van der Waals surface area contributed by atoms with E-state index in [9.17, 15) is 9.59 Å². The SMILES string of the molecule is CCC1C(=O)NC2(CCCC2)C(=O)N1Cc1ccccn1. The lowest BCUT2D eigenvalue weighted by Gasteiger charge is -2.44. The molecule has 2 heterocycles. The van der Waals surface area contributed by atoms with E-state index in [-0.39, 0.29) is 17.9 Å². The van der Waals surface area contributed by atoms with Crippen LogP contribution < -0.4 is 5.32 Å². The molecule has 3 rings (SSSR count). The second kappa shape index (κ2) is 5.47. The summed E-state index contributed by atoms with van der Waals surface area (Å²) >= 11 is 0. The molecular weight excluding hydrogens is 266 g/mol. The Balaban J connectivity index is 1.89. The molecule has 2 amide bonds. The third kappa shape index (κ3) is 2.41. The minimum absolute atomic E-state index is 0.0186. The molecule has 112 valence electrons. The summed E-state index contributed by atoms with van der Waals surface area (Å²) in [7, 11) is 0. The molecular formula is C16H21N3O2. The second-order valence-corrected chi connectivity index (χ2v) is 5.96. The van der Waals surface area contributed by atoms with Crippen LogP contribution in [0, 0.1) is 0 Å². The van der Waals surface area contributed by atoms with E-state index in [0.717, 1.165) is 31.4 Å². The number of nitrogens with zero attached hydrogens (tertiary/aromatic N) is 2. The quantitative estimate of drug-likeness (QED) is 0.919. The van der Waals surface area contributed by atoms with Crippen molar-refractivity contribution in [3.8, 4) is 0 Å². The van der Waals surface area contributed by atoms with Gasteiger partial charge in [0, 0.05) is 6.20 Å². The Morgan fingerprint density at radius 2 is 2.10 bits per heavy atom. The van der Waals surface area contributed by atoms with Crippen LogP contribution in [0.3, 0.4) is 0 Å². The summed E-state index contributed by atoms with van der Waals surface area (Å²) < 4.78 is 0.